The lowest BCUT2D eigenvalue weighted by Crippen LogP contribution is -2.23. The first-order chi connectivity index (χ1) is 10.7. The summed E-state index contributed by atoms with van der Waals surface area (Å²) in [7, 11) is 0.373. The van der Waals surface area contributed by atoms with Crippen molar-refractivity contribution in [1.82, 2.24) is 0 Å². The largest absolute Gasteiger partial charge is 0.576 e. The van der Waals surface area contributed by atoms with Crippen molar-refractivity contribution in [2.75, 3.05) is 0 Å². The van der Waals surface area contributed by atoms with Crippen molar-refractivity contribution in [2.45, 2.75) is 80.1 Å². The van der Waals surface area contributed by atoms with E-state index in [1.807, 2.05) is 0 Å². The van der Waals surface area contributed by atoms with Gasteiger partial charge in [-0.05, 0) is 60.5 Å². The second-order valence-electron chi connectivity index (χ2n) is 9.42. The van der Waals surface area contributed by atoms with Gasteiger partial charge in [0.2, 0.25) is 0 Å². The standard InChI is InChI=1S/C20H35BO2/c1-19(2,3)15-7-11-17(12-8-15)22-21-23-18-13-9-16(10-14-18)20(4,5)6/h11,13,15-16,21H,7-10,12,14H2,1-6H3. The highest BCUT2D eigenvalue weighted by molar-refractivity contribution is 6.19. The van der Waals surface area contributed by atoms with Gasteiger partial charge < -0.3 is 9.31 Å². The smallest absolute Gasteiger partial charge is 0.532 e. The average Bonchev–Trinajstić information content (AvgIpc) is 2.46. The summed E-state index contributed by atoms with van der Waals surface area (Å²) in [6.07, 6.45) is 11.4. The molecule has 0 aromatic rings. The van der Waals surface area contributed by atoms with E-state index in [2.05, 4.69) is 53.7 Å². The fourth-order valence-corrected chi connectivity index (χ4v) is 3.64. The molecule has 2 aliphatic rings. The molecule has 0 aliphatic heterocycles. The second-order valence-corrected chi connectivity index (χ2v) is 9.42. The number of hydrogen-bond acceptors (Lipinski definition) is 2. The van der Waals surface area contributed by atoms with Gasteiger partial charge in [0, 0.05) is 12.8 Å². The summed E-state index contributed by atoms with van der Waals surface area (Å²) in [4.78, 5) is 0. The summed E-state index contributed by atoms with van der Waals surface area (Å²) in [5, 5.41) is 0. The lowest BCUT2D eigenvalue weighted by atomic mass is 9.74. The quantitative estimate of drug-likeness (QED) is 0.615. The highest BCUT2D eigenvalue weighted by Crippen LogP contribution is 2.38. The molecule has 3 heteroatoms. The van der Waals surface area contributed by atoms with Crippen molar-refractivity contribution in [2.24, 2.45) is 22.7 Å². The highest BCUT2D eigenvalue weighted by Gasteiger charge is 2.28. The molecule has 0 fully saturated rings. The van der Waals surface area contributed by atoms with Crippen LogP contribution in [-0.2, 0) is 9.31 Å². The Morgan fingerprint density at radius 3 is 1.43 bits per heavy atom. The van der Waals surface area contributed by atoms with E-state index in [0.29, 0.717) is 18.5 Å². The minimum Gasteiger partial charge on any atom is -0.532 e. The second kappa shape index (κ2) is 7.36. The Kier molecular flexibility index (Phi) is 5.91. The van der Waals surface area contributed by atoms with Crippen LogP contribution in [0.2, 0.25) is 0 Å². The van der Waals surface area contributed by atoms with Gasteiger partial charge in [-0.15, -0.1) is 0 Å². The maximum atomic E-state index is 5.84. The van der Waals surface area contributed by atoms with Crippen LogP contribution < -0.4 is 0 Å². The van der Waals surface area contributed by atoms with E-state index in [9.17, 15) is 0 Å². The van der Waals surface area contributed by atoms with Crippen LogP contribution in [-0.4, -0.2) is 7.69 Å². The fourth-order valence-electron chi connectivity index (χ4n) is 3.64. The van der Waals surface area contributed by atoms with E-state index in [1.165, 1.54) is 12.8 Å². The molecular weight excluding hydrogens is 283 g/mol. The topological polar surface area (TPSA) is 18.5 Å². The van der Waals surface area contributed by atoms with E-state index < -0.39 is 0 Å². The molecule has 0 heterocycles. The molecule has 2 unspecified atom stereocenters. The normalized spacial score (nSPS) is 26.2. The third-order valence-corrected chi connectivity index (χ3v) is 5.68. The SMILES string of the molecule is CC(C)(C)C1CC=C(OBOC2=CCC(C(C)(C)C)CC2)CC1. The molecule has 0 aromatic heterocycles. The molecule has 2 nitrogen and oxygen atoms in total. The monoisotopic (exact) mass is 318 g/mol. The predicted octanol–water partition coefficient (Wildman–Crippen LogP) is 5.75. The zero-order valence-corrected chi connectivity index (χ0v) is 16.1. The fraction of sp³-hybridized carbons (Fsp3) is 0.800. The van der Waals surface area contributed by atoms with Crippen LogP contribution >= 0.6 is 0 Å². The minimum atomic E-state index is 0.373. The Bertz CT molecular complexity index is 409. The molecule has 0 bridgehead atoms. The third-order valence-electron chi connectivity index (χ3n) is 5.68. The van der Waals surface area contributed by atoms with E-state index >= 15 is 0 Å². The zero-order chi connectivity index (χ0) is 17.1. The van der Waals surface area contributed by atoms with Gasteiger partial charge in [-0.2, -0.15) is 0 Å². The summed E-state index contributed by atoms with van der Waals surface area (Å²) < 4.78 is 11.7. The first-order valence-corrected chi connectivity index (χ1v) is 9.30. The van der Waals surface area contributed by atoms with E-state index in [4.69, 9.17) is 9.31 Å². The van der Waals surface area contributed by atoms with E-state index in [-0.39, 0.29) is 0 Å². The van der Waals surface area contributed by atoms with Crippen molar-refractivity contribution in [3.8, 4) is 0 Å². The number of rotatable bonds is 4. The van der Waals surface area contributed by atoms with Crippen molar-refractivity contribution in [3.63, 3.8) is 0 Å². The Labute approximate surface area is 144 Å². The molecule has 0 radical (unpaired) electrons. The Hall–Kier alpha value is -0.855. The molecule has 0 aromatic carbocycles. The van der Waals surface area contributed by atoms with Gasteiger partial charge in [0.15, 0.2) is 0 Å². The van der Waals surface area contributed by atoms with Crippen LogP contribution in [0.25, 0.3) is 0 Å². The third kappa shape index (κ3) is 5.62. The number of allylic oxidation sites excluding steroid dienone is 4. The van der Waals surface area contributed by atoms with Crippen LogP contribution in [0.15, 0.2) is 23.7 Å². The highest BCUT2D eigenvalue weighted by atomic mass is 16.6. The van der Waals surface area contributed by atoms with Gasteiger partial charge in [0.1, 0.15) is 0 Å². The summed E-state index contributed by atoms with van der Waals surface area (Å²) in [5.41, 5.74) is 0.796. The molecule has 23 heavy (non-hydrogen) atoms. The maximum absolute atomic E-state index is 5.84. The Balaban J connectivity index is 1.71. The lowest BCUT2D eigenvalue weighted by Gasteiger charge is -2.33. The van der Waals surface area contributed by atoms with E-state index in [0.717, 1.165) is 49.0 Å². The molecule has 2 rings (SSSR count). The number of hydrogen-bond donors (Lipinski definition) is 0. The van der Waals surface area contributed by atoms with Gasteiger partial charge in [-0.25, -0.2) is 0 Å². The Morgan fingerprint density at radius 1 is 0.783 bits per heavy atom. The van der Waals surface area contributed by atoms with Gasteiger partial charge in [-0.1, -0.05) is 41.5 Å². The molecule has 0 amide bonds. The minimum absolute atomic E-state index is 0.373. The van der Waals surface area contributed by atoms with Crippen molar-refractivity contribution >= 4 is 7.69 Å². The van der Waals surface area contributed by atoms with Crippen LogP contribution in [0.4, 0.5) is 0 Å². The van der Waals surface area contributed by atoms with Crippen LogP contribution in [0.5, 0.6) is 0 Å². The van der Waals surface area contributed by atoms with Gasteiger partial charge in [0.25, 0.3) is 0 Å². The van der Waals surface area contributed by atoms with Gasteiger partial charge >= 0.3 is 7.69 Å². The summed E-state index contributed by atoms with van der Waals surface area (Å²) >= 11 is 0. The molecule has 0 saturated heterocycles. The summed E-state index contributed by atoms with van der Waals surface area (Å²) in [6.45, 7) is 14.0. The molecule has 2 aliphatic carbocycles. The van der Waals surface area contributed by atoms with Crippen molar-refractivity contribution in [1.29, 1.82) is 0 Å². The van der Waals surface area contributed by atoms with Crippen molar-refractivity contribution in [3.05, 3.63) is 23.7 Å². The molecule has 2 atom stereocenters. The zero-order valence-electron chi connectivity index (χ0n) is 16.1. The summed E-state index contributed by atoms with van der Waals surface area (Å²) in [6, 6.07) is 0. The van der Waals surface area contributed by atoms with Gasteiger partial charge in [-0.3, -0.25) is 0 Å². The average molecular weight is 318 g/mol. The first-order valence-electron chi connectivity index (χ1n) is 9.30. The Morgan fingerprint density at radius 2 is 1.17 bits per heavy atom. The van der Waals surface area contributed by atoms with Crippen LogP contribution in [0.1, 0.15) is 80.1 Å². The summed E-state index contributed by atoms with van der Waals surface area (Å²) in [5.74, 6) is 3.78. The molecule has 0 N–H and O–H groups in total. The maximum Gasteiger partial charge on any atom is 0.576 e. The van der Waals surface area contributed by atoms with E-state index in [1.54, 1.807) is 0 Å². The molecule has 0 saturated carbocycles. The van der Waals surface area contributed by atoms with Crippen molar-refractivity contribution < 1.29 is 9.31 Å². The lowest BCUT2D eigenvalue weighted by molar-refractivity contribution is 0.193. The van der Waals surface area contributed by atoms with Crippen LogP contribution in [0, 0.1) is 22.7 Å². The molecule has 130 valence electrons. The van der Waals surface area contributed by atoms with Crippen LogP contribution in [0.3, 0.4) is 0 Å². The molecule has 0 spiro atoms. The predicted molar refractivity (Wildman–Crippen MR) is 99.1 cm³/mol. The van der Waals surface area contributed by atoms with Gasteiger partial charge in [0.05, 0.1) is 11.5 Å². The molecular formula is C20H35BO2. The first kappa shape index (κ1) is 18.5.